The number of carbonyl (C=O) groups is 1. The molecule has 1 aliphatic heterocycles. The first-order chi connectivity index (χ1) is 18.8. The molecule has 2 aromatic heterocycles. The van der Waals surface area contributed by atoms with Gasteiger partial charge in [-0.1, -0.05) is 36.4 Å². The van der Waals surface area contributed by atoms with Crippen LogP contribution in [0.4, 0.5) is 0 Å². The Hall–Kier alpha value is -4.71. The molecule has 0 radical (unpaired) electrons. The van der Waals surface area contributed by atoms with Crippen molar-refractivity contribution in [3.63, 3.8) is 0 Å². The Labute approximate surface area is 225 Å². The number of nitrogens with one attached hydrogen (secondary N) is 2. The minimum Gasteiger partial charge on any atom is -0.495 e. The fourth-order valence-corrected chi connectivity index (χ4v) is 6.03. The molecule has 7 rings (SSSR count). The Morgan fingerprint density at radius 3 is 2.41 bits per heavy atom. The fourth-order valence-electron chi connectivity index (χ4n) is 6.03. The molecule has 3 heterocycles. The van der Waals surface area contributed by atoms with E-state index in [9.17, 15) is 4.79 Å². The molecule has 0 spiro atoms. The smallest absolute Gasteiger partial charge is 0.338 e. The number of aromatic amines is 2. The number of H-pyrrole nitrogens is 2. The van der Waals surface area contributed by atoms with Gasteiger partial charge in [-0.2, -0.15) is 0 Å². The Balaban J connectivity index is 1.57. The van der Waals surface area contributed by atoms with E-state index in [0.717, 1.165) is 60.9 Å². The molecule has 0 aliphatic carbocycles. The summed E-state index contributed by atoms with van der Waals surface area (Å²) in [4.78, 5) is 19.7. The van der Waals surface area contributed by atoms with Crippen molar-refractivity contribution < 1.29 is 19.0 Å². The first-order valence-electron chi connectivity index (χ1n) is 13.0. The normalized spacial score (nSPS) is 14.4. The Morgan fingerprint density at radius 2 is 1.62 bits per heavy atom. The topological polar surface area (TPSA) is 76.3 Å². The second-order valence-electron chi connectivity index (χ2n) is 10.7. The van der Waals surface area contributed by atoms with Crippen molar-refractivity contribution in [2.45, 2.75) is 26.4 Å². The molecule has 6 aromatic rings. The number of para-hydroxylation sites is 2. The third-order valence-corrected chi connectivity index (χ3v) is 7.71. The SMILES string of the molecule is COC(=O)c1cc(OC)c2[nH]c3c(C4=CC(C)(C)Oc5c(C)cc6c([nH]c7ccccc76)c54)cccc3c2c1. The molecule has 0 saturated heterocycles. The van der Waals surface area contributed by atoms with Gasteiger partial charge in [-0.3, -0.25) is 0 Å². The van der Waals surface area contributed by atoms with Crippen molar-refractivity contribution in [1.29, 1.82) is 0 Å². The van der Waals surface area contributed by atoms with Crippen LogP contribution in [0, 0.1) is 6.92 Å². The van der Waals surface area contributed by atoms with E-state index in [0.29, 0.717) is 11.3 Å². The van der Waals surface area contributed by atoms with E-state index in [1.807, 2.05) is 6.07 Å². The van der Waals surface area contributed by atoms with Crippen LogP contribution in [0.2, 0.25) is 0 Å². The number of fused-ring (bicyclic) bond motifs is 8. The molecule has 0 unspecified atom stereocenters. The van der Waals surface area contributed by atoms with E-state index in [1.54, 1.807) is 13.2 Å². The van der Waals surface area contributed by atoms with Crippen LogP contribution >= 0.6 is 0 Å². The lowest BCUT2D eigenvalue weighted by molar-refractivity contribution is 0.0600. The van der Waals surface area contributed by atoms with Crippen molar-refractivity contribution >= 4 is 55.2 Å². The molecular formula is C33H28N2O4. The molecule has 4 aromatic carbocycles. The van der Waals surface area contributed by atoms with Gasteiger partial charge >= 0.3 is 5.97 Å². The standard InChI is InChI=1S/C33H28N2O4/c1-17-13-22-19-9-6-7-12-25(19)34-30(22)27-24(16-33(2,3)39-31(17)27)21-11-8-10-20-23-14-18(32(36)38-5)15-26(37-4)29(23)35-28(20)21/h6-16,34-35H,1-5H3. The average molecular weight is 517 g/mol. The maximum absolute atomic E-state index is 12.4. The zero-order chi connectivity index (χ0) is 27.1. The van der Waals surface area contributed by atoms with Crippen molar-refractivity contribution in [3.05, 3.63) is 89.0 Å². The molecule has 0 saturated carbocycles. The van der Waals surface area contributed by atoms with Gasteiger partial charge in [-0.05, 0) is 62.2 Å². The van der Waals surface area contributed by atoms with Crippen LogP contribution in [-0.4, -0.2) is 35.8 Å². The predicted octanol–water partition coefficient (Wildman–Crippen LogP) is 7.66. The van der Waals surface area contributed by atoms with Crippen LogP contribution in [-0.2, 0) is 4.74 Å². The molecule has 39 heavy (non-hydrogen) atoms. The molecule has 0 amide bonds. The number of rotatable bonds is 3. The lowest BCUT2D eigenvalue weighted by Crippen LogP contribution is -2.29. The molecule has 6 nitrogen and oxygen atoms in total. The molecule has 0 fully saturated rings. The van der Waals surface area contributed by atoms with Crippen molar-refractivity contribution in [2.75, 3.05) is 14.2 Å². The van der Waals surface area contributed by atoms with Crippen LogP contribution in [0.25, 0.3) is 49.2 Å². The summed E-state index contributed by atoms with van der Waals surface area (Å²) in [5, 5.41) is 4.26. The van der Waals surface area contributed by atoms with E-state index in [-0.39, 0.29) is 0 Å². The highest BCUT2D eigenvalue weighted by Crippen LogP contribution is 2.48. The second-order valence-corrected chi connectivity index (χ2v) is 10.7. The summed E-state index contributed by atoms with van der Waals surface area (Å²) in [6.45, 7) is 6.28. The summed E-state index contributed by atoms with van der Waals surface area (Å²) < 4.78 is 17.3. The number of hydrogen-bond donors (Lipinski definition) is 2. The van der Waals surface area contributed by atoms with Crippen LogP contribution in [0.1, 0.15) is 40.9 Å². The minimum atomic E-state index is -0.517. The van der Waals surface area contributed by atoms with Crippen LogP contribution < -0.4 is 9.47 Å². The summed E-state index contributed by atoms with van der Waals surface area (Å²) in [6.07, 6.45) is 2.21. The van der Waals surface area contributed by atoms with Crippen LogP contribution in [0.3, 0.4) is 0 Å². The van der Waals surface area contributed by atoms with Crippen molar-refractivity contribution in [1.82, 2.24) is 9.97 Å². The van der Waals surface area contributed by atoms with E-state index < -0.39 is 11.6 Å². The second kappa shape index (κ2) is 8.14. The Kier molecular flexibility index (Phi) is 4.89. The number of esters is 1. The number of methoxy groups -OCH3 is 2. The summed E-state index contributed by atoms with van der Waals surface area (Å²) in [6, 6.07) is 20.4. The van der Waals surface area contributed by atoms with E-state index in [2.05, 4.69) is 85.3 Å². The molecule has 0 atom stereocenters. The van der Waals surface area contributed by atoms with Crippen LogP contribution in [0.15, 0.2) is 66.7 Å². The third-order valence-electron chi connectivity index (χ3n) is 7.71. The fraction of sp³-hybridized carbons (Fsp3) is 0.182. The van der Waals surface area contributed by atoms with Gasteiger partial charge in [0, 0.05) is 38.2 Å². The first-order valence-corrected chi connectivity index (χ1v) is 13.0. The molecule has 0 bridgehead atoms. The number of benzene rings is 4. The number of aromatic nitrogens is 2. The summed E-state index contributed by atoms with van der Waals surface area (Å²) >= 11 is 0. The molecule has 2 N–H and O–H groups in total. The van der Waals surface area contributed by atoms with Gasteiger partial charge in [-0.15, -0.1) is 0 Å². The average Bonchev–Trinajstić information content (AvgIpc) is 3.49. The van der Waals surface area contributed by atoms with Gasteiger partial charge in [-0.25, -0.2) is 4.79 Å². The van der Waals surface area contributed by atoms with E-state index in [1.165, 1.54) is 17.9 Å². The Morgan fingerprint density at radius 1 is 0.846 bits per heavy atom. The quantitative estimate of drug-likeness (QED) is 0.237. The zero-order valence-electron chi connectivity index (χ0n) is 22.5. The number of ether oxygens (including phenoxy) is 3. The lowest BCUT2D eigenvalue weighted by atomic mass is 9.86. The largest absolute Gasteiger partial charge is 0.495 e. The predicted molar refractivity (Wildman–Crippen MR) is 156 cm³/mol. The van der Waals surface area contributed by atoms with Gasteiger partial charge in [0.05, 0.1) is 36.3 Å². The highest BCUT2D eigenvalue weighted by molar-refractivity contribution is 6.17. The highest BCUT2D eigenvalue weighted by Gasteiger charge is 2.32. The molecule has 1 aliphatic rings. The number of hydrogen-bond acceptors (Lipinski definition) is 4. The summed E-state index contributed by atoms with van der Waals surface area (Å²) in [5.74, 6) is 1.07. The third kappa shape index (κ3) is 3.37. The maximum Gasteiger partial charge on any atom is 0.338 e. The lowest BCUT2D eigenvalue weighted by Gasteiger charge is -2.33. The van der Waals surface area contributed by atoms with Crippen molar-refractivity contribution in [2.24, 2.45) is 0 Å². The zero-order valence-corrected chi connectivity index (χ0v) is 22.5. The molecule has 6 heteroatoms. The summed E-state index contributed by atoms with van der Waals surface area (Å²) in [7, 11) is 2.99. The van der Waals surface area contributed by atoms with Gasteiger partial charge in [0.25, 0.3) is 0 Å². The monoisotopic (exact) mass is 516 g/mol. The summed E-state index contributed by atoms with van der Waals surface area (Å²) in [5.41, 5.74) is 8.15. The number of carbonyl (C=O) groups excluding carboxylic acids is 1. The van der Waals surface area contributed by atoms with Gasteiger partial charge in [0.15, 0.2) is 0 Å². The number of aryl methyl sites for hydroxylation is 1. The van der Waals surface area contributed by atoms with Crippen molar-refractivity contribution in [3.8, 4) is 11.5 Å². The van der Waals surface area contributed by atoms with E-state index in [4.69, 9.17) is 14.2 Å². The Bertz CT molecular complexity index is 2020. The minimum absolute atomic E-state index is 0.403. The van der Waals surface area contributed by atoms with Gasteiger partial charge in [0.2, 0.25) is 0 Å². The van der Waals surface area contributed by atoms with Gasteiger partial charge < -0.3 is 24.2 Å². The molecule has 194 valence electrons. The first kappa shape index (κ1) is 23.4. The van der Waals surface area contributed by atoms with E-state index >= 15 is 0 Å². The highest BCUT2D eigenvalue weighted by atomic mass is 16.5. The van der Waals surface area contributed by atoms with Crippen LogP contribution in [0.5, 0.6) is 11.5 Å². The van der Waals surface area contributed by atoms with Gasteiger partial charge in [0.1, 0.15) is 17.1 Å². The maximum atomic E-state index is 12.4. The molecular weight excluding hydrogens is 488 g/mol.